The molecule has 0 spiro atoms. The third-order valence-electron chi connectivity index (χ3n) is 4.22. The van der Waals surface area contributed by atoms with Crippen LogP contribution in [0.4, 0.5) is 13.2 Å². The number of aromatic nitrogens is 3. The molecule has 1 aromatic heterocycles. The number of benzene rings is 2. The van der Waals surface area contributed by atoms with Crippen molar-refractivity contribution in [2.45, 2.75) is 26.6 Å². The second kappa shape index (κ2) is 7.63. The van der Waals surface area contributed by atoms with Gasteiger partial charge in [-0.05, 0) is 49.2 Å². The average Bonchev–Trinajstić information content (AvgIpc) is 3.03. The molecule has 3 rings (SSSR count). The topological polar surface area (TPSA) is 59.8 Å². The minimum atomic E-state index is -4.44. The Balaban J connectivity index is 1.75. The minimum absolute atomic E-state index is 0.0641. The van der Waals surface area contributed by atoms with E-state index >= 15 is 0 Å². The lowest BCUT2D eigenvalue weighted by Crippen LogP contribution is -2.24. The molecule has 0 fully saturated rings. The van der Waals surface area contributed by atoms with Gasteiger partial charge in [-0.15, -0.1) is 5.10 Å². The Hall–Kier alpha value is -2.87. The molecule has 0 saturated heterocycles. The normalized spacial score (nSPS) is 11.5. The summed E-state index contributed by atoms with van der Waals surface area (Å²) in [6.07, 6.45) is -4.44. The van der Waals surface area contributed by atoms with Crippen molar-refractivity contribution >= 4 is 17.5 Å². The van der Waals surface area contributed by atoms with Crippen LogP contribution in [0.3, 0.4) is 0 Å². The van der Waals surface area contributed by atoms with Crippen LogP contribution in [-0.4, -0.2) is 20.9 Å². The fraction of sp³-hybridized carbons (Fsp3) is 0.211. The summed E-state index contributed by atoms with van der Waals surface area (Å²) in [5, 5.41) is 11.0. The summed E-state index contributed by atoms with van der Waals surface area (Å²) in [6, 6.07) is 10.1. The molecular weight excluding hydrogens is 393 g/mol. The van der Waals surface area contributed by atoms with Crippen LogP contribution in [0.2, 0.25) is 5.02 Å². The van der Waals surface area contributed by atoms with E-state index in [0.717, 1.165) is 17.7 Å². The molecule has 146 valence electrons. The van der Waals surface area contributed by atoms with E-state index in [9.17, 15) is 18.0 Å². The number of alkyl halides is 3. The lowest BCUT2D eigenvalue weighted by Gasteiger charge is -2.09. The van der Waals surface area contributed by atoms with E-state index < -0.39 is 17.6 Å². The zero-order valence-electron chi connectivity index (χ0n) is 15.0. The number of rotatable bonds is 4. The molecule has 0 aliphatic rings. The van der Waals surface area contributed by atoms with Gasteiger partial charge >= 0.3 is 6.18 Å². The van der Waals surface area contributed by atoms with Crippen molar-refractivity contribution in [1.82, 2.24) is 20.3 Å². The van der Waals surface area contributed by atoms with Gasteiger partial charge < -0.3 is 5.32 Å². The number of nitrogens with zero attached hydrogens (tertiary/aromatic N) is 3. The molecule has 1 N–H and O–H groups in total. The third kappa shape index (κ3) is 4.17. The van der Waals surface area contributed by atoms with Gasteiger partial charge in [-0.25, -0.2) is 4.68 Å². The molecule has 3 aromatic rings. The zero-order valence-corrected chi connectivity index (χ0v) is 15.8. The number of amides is 1. The first kappa shape index (κ1) is 19.9. The lowest BCUT2D eigenvalue weighted by molar-refractivity contribution is -0.137. The van der Waals surface area contributed by atoms with E-state index in [2.05, 4.69) is 15.6 Å². The van der Waals surface area contributed by atoms with Crippen molar-refractivity contribution in [2.75, 3.05) is 0 Å². The van der Waals surface area contributed by atoms with E-state index in [4.69, 9.17) is 11.6 Å². The molecule has 0 unspecified atom stereocenters. The van der Waals surface area contributed by atoms with Gasteiger partial charge in [0.2, 0.25) is 0 Å². The first-order valence-electron chi connectivity index (χ1n) is 8.30. The van der Waals surface area contributed by atoms with Crippen molar-refractivity contribution in [2.24, 2.45) is 0 Å². The molecule has 0 saturated carbocycles. The molecular formula is C19H16ClF3N4O. The highest BCUT2D eigenvalue weighted by Gasteiger charge is 2.30. The van der Waals surface area contributed by atoms with Gasteiger partial charge in [-0.2, -0.15) is 13.2 Å². The van der Waals surface area contributed by atoms with Gasteiger partial charge in [0.05, 0.1) is 16.9 Å². The van der Waals surface area contributed by atoms with E-state index in [-0.39, 0.29) is 12.2 Å². The van der Waals surface area contributed by atoms with Gasteiger partial charge in [-0.1, -0.05) is 35.0 Å². The Labute approximate surface area is 164 Å². The monoisotopic (exact) mass is 408 g/mol. The Morgan fingerprint density at radius 3 is 2.61 bits per heavy atom. The van der Waals surface area contributed by atoms with E-state index in [1.165, 1.54) is 16.8 Å². The number of hydrogen-bond acceptors (Lipinski definition) is 3. The largest absolute Gasteiger partial charge is 0.416 e. The van der Waals surface area contributed by atoms with E-state index in [1.54, 1.807) is 19.1 Å². The van der Waals surface area contributed by atoms with Crippen LogP contribution < -0.4 is 5.32 Å². The van der Waals surface area contributed by atoms with Gasteiger partial charge in [0.1, 0.15) is 0 Å². The zero-order chi connectivity index (χ0) is 20.5. The maximum Gasteiger partial charge on any atom is 0.416 e. The van der Waals surface area contributed by atoms with Gasteiger partial charge in [0.15, 0.2) is 5.69 Å². The molecule has 0 aliphatic carbocycles. The Morgan fingerprint density at radius 1 is 1.18 bits per heavy atom. The quantitative estimate of drug-likeness (QED) is 0.692. The summed E-state index contributed by atoms with van der Waals surface area (Å²) >= 11 is 6.13. The number of hydrogen-bond donors (Lipinski definition) is 1. The van der Waals surface area contributed by atoms with Gasteiger partial charge in [0, 0.05) is 11.6 Å². The molecule has 1 amide bonds. The highest BCUT2D eigenvalue weighted by molar-refractivity contribution is 6.31. The van der Waals surface area contributed by atoms with Gasteiger partial charge in [-0.3, -0.25) is 4.79 Å². The fourth-order valence-electron chi connectivity index (χ4n) is 2.62. The summed E-state index contributed by atoms with van der Waals surface area (Å²) < 4.78 is 39.8. The van der Waals surface area contributed by atoms with Crippen molar-refractivity contribution in [1.29, 1.82) is 0 Å². The summed E-state index contributed by atoms with van der Waals surface area (Å²) in [4.78, 5) is 12.4. The SMILES string of the molecule is Cc1ccc(-n2nnc(C(=O)NCc3cccc(C(F)(F)F)c3)c2C)cc1Cl. The van der Waals surface area contributed by atoms with Crippen LogP contribution in [-0.2, 0) is 12.7 Å². The predicted molar refractivity (Wildman–Crippen MR) is 98.5 cm³/mol. The lowest BCUT2D eigenvalue weighted by atomic mass is 10.1. The Bertz CT molecular complexity index is 1030. The average molecular weight is 409 g/mol. The maximum absolute atomic E-state index is 12.8. The van der Waals surface area contributed by atoms with E-state index in [0.29, 0.717) is 22.0 Å². The van der Waals surface area contributed by atoms with Crippen molar-refractivity contribution in [3.05, 3.63) is 75.6 Å². The number of carbonyl (C=O) groups is 1. The number of aryl methyl sites for hydroxylation is 1. The van der Waals surface area contributed by atoms with Crippen LogP contribution in [0.1, 0.15) is 32.9 Å². The van der Waals surface area contributed by atoms with Gasteiger partial charge in [0.25, 0.3) is 5.91 Å². The molecule has 5 nitrogen and oxygen atoms in total. The summed E-state index contributed by atoms with van der Waals surface area (Å²) in [7, 11) is 0. The first-order chi connectivity index (χ1) is 13.2. The second-order valence-electron chi connectivity index (χ2n) is 6.25. The van der Waals surface area contributed by atoms with Crippen LogP contribution in [0.25, 0.3) is 5.69 Å². The molecule has 28 heavy (non-hydrogen) atoms. The number of carbonyl (C=O) groups excluding carboxylic acids is 1. The van der Waals surface area contributed by atoms with Crippen LogP contribution in [0, 0.1) is 13.8 Å². The Morgan fingerprint density at radius 2 is 1.93 bits per heavy atom. The smallest absolute Gasteiger partial charge is 0.347 e. The van der Waals surface area contributed by atoms with Crippen molar-refractivity contribution in [3.63, 3.8) is 0 Å². The van der Waals surface area contributed by atoms with E-state index in [1.807, 2.05) is 13.0 Å². The fourth-order valence-corrected chi connectivity index (χ4v) is 2.80. The standard InChI is InChI=1S/C19H16ClF3N4O/c1-11-6-7-15(9-16(11)20)27-12(2)17(25-26-27)18(28)24-10-13-4-3-5-14(8-13)19(21,22)23/h3-9H,10H2,1-2H3,(H,24,28). The third-order valence-corrected chi connectivity index (χ3v) is 4.62. The molecule has 0 aliphatic heterocycles. The highest BCUT2D eigenvalue weighted by Crippen LogP contribution is 2.29. The molecule has 0 bridgehead atoms. The molecule has 2 aromatic carbocycles. The summed E-state index contributed by atoms with van der Waals surface area (Å²) in [6.45, 7) is 3.48. The highest BCUT2D eigenvalue weighted by atomic mass is 35.5. The first-order valence-corrected chi connectivity index (χ1v) is 8.68. The minimum Gasteiger partial charge on any atom is -0.347 e. The predicted octanol–water partition coefficient (Wildman–Crippen LogP) is 4.49. The summed E-state index contributed by atoms with van der Waals surface area (Å²) in [5.74, 6) is -0.528. The number of halogens is 4. The summed E-state index contributed by atoms with van der Waals surface area (Å²) in [5.41, 5.74) is 1.70. The molecule has 0 radical (unpaired) electrons. The van der Waals surface area contributed by atoms with Crippen LogP contribution >= 0.6 is 11.6 Å². The van der Waals surface area contributed by atoms with Crippen LogP contribution in [0.5, 0.6) is 0 Å². The maximum atomic E-state index is 12.8. The molecule has 9 heteroatoms. The van der Waals surface area contributed by atoms with Crippen molar-refractivity contribution in [3.8, 4) is 5.69 Å². The molecule has 0 atom stereocenters. The molecule has 1 heterocycles. The Kier molecular flexibility index (Phi) is 5.42. The van der Waals surface area contributed by atoms with Crippen molar-refractivity contribution < 1.29 is 18.0 Å². The number of nitrogens with one attached hydrogen (secondary N) is 1. The second-order valence-corrected chi connectivity index (χ2v) is 6.66. The van der Waals surface area contributed by atoms with Crippen LogP contribution in [0.15, 0.2) is 42.5 Å².